The van der Waals surface area contributed by atoms with Gasteiger partial charge in [-0.05, 0) is 29.8 Å². The van der Waals surface area contributed by atoms with Gasteiger partial charge >= 0.3 is 5.97 Å². The van der Waals surface area contributed by atoms with Gasteiger partial charge in [-0.15, -0.1) is 0 Å². The maximum atomic E-state index is 13.0. The number of hydrogen-bond acceptors (Lipinski definition) is 3. The molecule has 0 aliphatic rings. The third-order valence-corrected chi connectivity index (χ3v) is 3.08. The van der Waals surface area contributed by atoms with E-state index >= 15 is 0 Å². The lowest BCUT2D eigenvalue weighted by atomic mass is 9.99. The van der Waals surface area contributed by atoms with Gasteiger partial charge in [0, 0.05) is 5.69 Å². The topological polar surface area (TPSA) is 38.3 Å². The number of anilines is 1. The Hall–Kier alpha value is -2.62. The quantitative estimate of drug-likeness (QED) is 0.672. The summed E-state index contributed by atoms with van der Waals surface area (Å²) < 4.78 is 17.7. The fourth-order valence-corrected chi connectivity index (χ4v) is 1.98. The summed E-state index contributed by atoms with van der Waals surface area (Å²) >= 11 is 0. The van der Waals surface area contributed by atoms with Crippen molar-refractivity contribution in [2.24, 2.45) is 0 Å². The lowest BCUT2D eigenvalue weighted by molar-refractivity contribution is -0.136. The van der Waals surface area contributed by atoms with Crippen molar-refractivity contribution in [1.82, 2.24) is 0 Å². The fraction of sp³-hybridized carbons (Fsp3) is 0.118. The van der Waals surface area contributed by atoms with E-state index < -0.39 is 12.0 Å². The molecule has 0 heterocycles. The number of halogens is 1. The average molecular weight is 285 g/mol. The Bertz CT molecular complexity index is 623. The van der Waals surface area contributed by atoms with E-state index in [-0.39, 0.29) is 11.4 Å². The molecular weight excluding hydrogens is 269 g/mol. The predicted molar refractivity (Wildman–Crippen MR) is 80.4 cm³/mol. The Kier molecular flexibility index (Phi) is 4.72. The second kappa shape index (κ2) is 6.70. The minimum absolute atomic E-state index is 0.285. The first kappa shape index (κ1) is 14.8. The van der Waals surface area contributed by atoms with E-state index in [1.165, 1.54) is 19.2 Å². The summed E-state index contributed by atoms with van der Waals surface area (Å²) in [6.07, 6.45) is 0. The van der Waals surface area contributed by atoms with Crippen molar-refractivity contribution >= 4 is 11.7 Å². The number of nitrogens with one attached hydrogen (secondary N) is 1. The molecule has 2 rings (SSSR count). The van der Waals surface area contributed by atoms with E-state index in [1.54, 1.807) is 12.1 Å². The number of carbonyl (C=O) groups excluding carboxylic acids is 1. The van der Waals surface area contributed by atoms with E-state index in [1.807, 2.05) is 30.3 Å². The maximum Gasteiger partial charge on any atom is 0.335 e. The summed E-state index contributed by atoms with van der Waals surface area (Å²) in [5.74, 6) is -0.804. The molecule has 1 atom stereocenters. The Morgan fingerprint density at radius 2 is 1.76 bits per heavy atom. The van der Waals surface area contributed by atoms with Gasteiger partial charge in [0.25, 0.3) is 0 Å². The second-order valence-electron chi connectivity index (χ2n) is 4.51. The van der Waals surface area contributed by atoms with E-state index in [0.717, 1.165) is 5.56 Å². The van der Waals surface area contributed by atoms with Crippen LogP contribution in [0.5, 0.6) is 0 Å². The summed E-state index contributed by atoms with van der Waals surface area (Å²) in [6, 6.07) is 14.9. The van der Waals surface area contributed by atoms with Gasteiger partial charge in [0.1, 0.15) is 5.82 Å². The molecule has 0 bridgehead atoms. The Balaban J connectivity index is 2.30. The van der Waals surface area contributed by atoms with Crippen molar-refractivity contribution in [3.05, 3.63) is 78.1 Å². The molecule has 0 radical (unpaired) electrons. The molecule has 0 amide bonds. The summed E-state index contributed by atoms with van der Waals surface area (Å²) in [5.41, 5.74) is 1.85. The van der Waals surface area contributed by atoms with Gasteiger partial charge in [0.15, 0.2) is 0 Å². The number of carbonyl (C=O) groups is 1. The highest BCUT2D eigenvalue weighted by Crippen LogP contribution is 2.26. The fourth-order valence-electron chi connectivity index (χ4n) is 1.98. The van der Waals surface area contributed by atoms with Gasteiger partial charge in [0.05, 0.1) is 18.7 Å². The van der Waals surface area contributed by atoms with Crippen molar-refractivity contribution in [3.8, 4) is 0 Å². The molecule has 21 heavy (non-hydrogen) atoms. The van der Waals surface area contributed by atoms with Gasteiger partial charge < -0.3 is 10.1 Å². The molecule has 2 aromatic rings. The third kappa shape index (κ3) is 3.69. The second-order valence-corrected chi connectivity index (χ2v) is 4.51. The van der Waals surface area contributed by atoms with Gasteiger partial charge in [-0.3, -0.25) is 0 Å². The van der Waals surface area contributed by atoms with Crippen molar-refractivity contribution in [2.45, 2.75) is 6.04 Å². The summed E-state index contributed by atoms with van der Waals surface area (Å²) in [5, 5.41) is 3.17. The van der Waals surface area contributed by atoms with E-state index in [0.29, 0.717) is 5.69 Å². The number of benzene rings is 2. The molecule has 0 unspecified atom stereocenters. The van der Waals surface area contributed by atoms with Crippen LogP contribution in [0.15, 0.2) is 66.7 Å². The van der Waals surface area contributed by atoms with Crippen LogP contribution >= 0.6 is 0 Å². The molecule has 0 aliphatic heterocycles. The molecule has 0 spiro atoms. The van der Waals surface area contributed by atoms with Crippen LogP contribution in [0.3, 0.4) is 0 Å². The van der Waals surface area contributed by atoms with E-state index in [4.69, 9.17) is 4.74 Å². The van der Waals surface area contributed by atoms with Crippen LogP contribution in [-0.4, -0.2) is 13.1 Å². The van der Waals surface area contributed by atoms with Crippen LogP contribution in [-0.2, 0) is 9.53 Å². The molecular formula is C17H16FNO2. The molecule has 2 aromatic carbocycles. The van der Waals surface area contributed by atoms with Crippen LogP contribution < -0.4 is 5.32 Å². The van der Waals surface area contributed by atoms with Crippen LogP contribution in [0.1, 0.15) is 11.6 Å². The number of ether oxygens (including phenoxy) is 1. The van der Waals surface area contributed by atoms with Gasteiger partial charge in [0.2, 0.25) is 0 Å². The molecule has 108 valence electrons. The molecule has 1 N–H and O–H groups in total. The van der Waals surface area contributed by atoms with Crippen molar-refractivity contribution in [2.75, 3.05) is 12.4 Å². The third-order valence-electron chi connectivity index (χ3n) is 3.08. The Morgan fingerprint density at radius 1 is 1.14 bits per heavy atom. The van der Waals surface area contributed by atoms with Crippen molar-refractivity contribution in [1.29, 1.82) is 0 Å². The molecule has 4 heteroatoms. The van der Waals surface area contributed by atoms with Crippen molar-refractivity contribution in [3.63, 3.8) is 0 Å². The number of rotatable bonds is 5. The first-order chi connectivity index (χ1) is 10.1. The van der Waals surface area contributed by atoms with Crippen LogP contribution in [0.25, 0.3) is 0 Å². The minimum Gasteiger partial charge on any atom is -0.466 e. The van der Waals surface area contributed by atoms with Crippen LogP contribution in [0, 0.1) is 5.82 Å². The minimum atomic E-state index is -0.488. The van der Waals surface area contributed by atoms with Crippen molar-refractivity contribution < 1.29 is 13.9 Å². The first-order valence-electron chi connectivity index (χ1n) is 6.46. The number of hydrogen-bond donors (Lipinski definition) is 1. The zero-order valence-electron chi connectivity index (χ0n) is 11.7. The highest BCUT2D eigenvalue weighted by atomic mass is 19.1. The smallest absolute Gasteiger partial charge is 0.335 e. The molecule has 0 aliphatic carbocycles. The van der Waals surface area contributed by atoms with Crippen LogP contribution in [0.2, 0.25) is 0 Å². The molecule has 0 fully saturated rings. The van der Waals surface area contributed by atoms with Gasteiger partial charge in [-0.2, -0.15) is 0 Å². The lowest BCUT2D eigenvalue weighted by Crippen LogP contribution is -2.19. The summed E-state index contributed by atoms with van der Waals surface area (Å²) in [6.45, 7) is 3.80. The largest absolute Gasteiger partial charge is 0.466 e. The van der Waals surface area contributed by atoms with E-state index in [9.17, 15) is 9.18 Å². The normalized spacial score (nSPS) is 11.5. The van der Waals surface area contributed by atoms with Gasteiger partial charge in [-0.1, -0.05) is 36.9 Å². The number of methoxy groups -OCH3 is 1. The molecule has 0 saturated carbocycles. The Morgan fingerprint density at radius 3 is 2.33 bits per heavy atom. The summed E-state index contributed by atoms with van der Waals surface area (Å²) in [7, 11) is 1.31. The molecule has 0 aromatic heterocycles. The monoisotopic (exact) mass is 285 g/mol. The van der Waals surface area contributed by atoms with E-state index in [2.05, 4.69) is 11.9 Å². The number of esters is 1. The van der Waals surface area contributed by atoms with Crippen LogP contribution in [0.4, 0.5) is 10.1 Å². The molecule has 0 saturated heterocycles. The SMILES string of the molecule is C=C(C(=O)OC)[C@H](Nc1ccc(F)cc1)c1ccccc1. The van der Waals surface area contributed by atoms with Gasteiger partial charge in [-0.25, -0.2) is 9.18 Å². The predicted octanol–water partition coefficient (Wildman–Crippen LogP) is 3.71. The standard InChI is InChI=1S/C17H16FNO2/c1-12(17(20)21-2)16(13-6-4-3-5-7-13)19-15-10-8-14(18)9-11-15/h3-11,16,19H,1H2,2H3/t16-/m0/s1. The zero-order chi connectivity index (χ0) is 15.2. The highest BCUT2D eigenvalue weighted by Gasteiger charge is 2.21. The molecule has 3 nitrogen and oxygen atoms in total. The highest BCUT2D eigenvalue weighted by molar-refractivity contribution is 5.90. The first-order valence-corrected chi connectivity index (χ1v) is 6.46. The lowest BCUT2D eigenvalue weighted by Gasteiger charge is -2.21. The maximum absolute atomic E-state index is 13.0. The summed E-state index contributed by atoms with van der Waals surface area (Å²) in [4.78, 5) is 11.7. The zero-order valence-corrected chi connectivity index (χ0v) is 11.7. The average Bonchev–Trinajstić information content (AvgIpc) is 2.53. The Labute approximate surface area is 123 Å².